The van der Waals surface area contributed by atoms with Gasteiger partial charge in [-0.15, -0.1) is 0 Å². The summed E-state index contributed by atoms with van der Waals surface area (Å²) in [4.78, 5) is 0. The van der Waals surface area contributed by atoms with Crippen LogP contribution in [-0.4, -0.2) is 28.7 Å². The molecule has 0 bridgehead atoms. The van der Waals surface area contributed by atoms with Crippen LogP contribution in [0.2, 0.25) is 0 Å². The molecule has 0 amide bonds. The fourth-order valence-electron chi connectivity index (χ4n) is 0. The van der Waals surface area contributed by atoms with Gasteiger partial charge in [-0.2, -0.15) is 0 Å². The van der Waals surface area contributed by atoms with E-state index in [-0.39, 0.29) is 5.48 Å². The second kappa shape index (κ2) is 3.90. The summed E-state index contributed by atoms with van der Waals surface area (Å²) < 4.78 is 23.2. The van der Waals surface area contributed by atoms with Gasteiger partial charge in [0.1, 0.15) is 0 Å². The van der Waals surface area contributed by atoms with Gasteiger partial charge >= 0.3 is 27.0 Å². The van der Waals surface area contributed by atoms with E-state index in [2.05, 4.69) is 0 Å². The zero-order valence-corrected chi connectivity index (χ0v) is 4.40. The van der Waals surface area contributed by atoms with E-state index in [9.17, 15) is 0 Å². The molecule has 0 aromatic carbocycles. The van der Waals surface area contributed by atoms with Gasteiger partial charge < -0.3 is 5.48 Å². The van der Waals surface area contributed by atoms with Crippen LogP contribution in [0, 0.1) is 0 Å². The van der Waals surface area contributed by atoms with Crippen LogP contribution in [0.4, 0.5) is 0 Å². The number of rotatable bonds is 0. The Bertz CT molecular complexity index is 26.6. The third kappa shape index (κ3) is 1500. The maximum absolute atomic E-state index is 8.81. The molecule has 0 aliphatic heterocycles. The Hall–Kier alpha value is -0.0971. The molecule has 0 aromatic rings. The zero-order valence-electron chi connectivity index (χ0n) is 2.30. The average molecular weight is 141 g/mol. The Morgan fingerprint density at radius 3 is 1.40 bits per heavy atom. The predicted molar refractivity (Wildman–Crippen MR) is 14.5 cm³/mol. The summed E-state index contributed by atoms with van der Waals surface area (Å²) in [6.07, 6.45) is 0. The van der Waals surface area contributed by atoms with E-state index in [1.807, 2.05) is 0 Å². The maximum atomic E-state index is 8.81. The van der Waals surface area contributed by atoms with Gasteiger partial charge in [0.15, 0.2) is 0 Å². The van der Waals surface area contributed by atoms with Crippen LogP contribution in [0.5, 0.6) is 0 Å². The third-order valence-electron chi connectivity index (χ3n) is 0. The Morgan fingerprint density at radius 1 is 1.40 bits per heavy atom. The topological polar surface area (TPSA) is 89.0 Å². The van der Waals surface area contributed by atoms with Crippen LogP contribution in [0.1, 0.15) is 0 Å². The molecule has 0 unspecified atom stereocenters. The molecular weight excluding hydrogens is 137 g/mol. The molecule has 4 N–H and O–H groups in total. The van der Waals surface area contributed by atoms with Gasteiger partial charge in [0.25, 0.3) is 0 Å². The SMILES string of the molecule is O.[O]=[Ge]([OH])[OH]. The van der Waals surface area contributed by atoms with Crippen molar-refractivity contribution in [3.63, 3.8) is 0 Å². The zero-order chi connectivity index (χ0) is 3.58. The van der Waals surface area contributed by atoms with Crippen molar-refractivity contribution >= 4 is 15.0 Å². The van der Waals surface area contributed by atoms with Crippen LogP contribution >= 0.6 is 0 Å². The molecule has 0 fully saturated rings. The Labute approximate surface area is 33.4 Å². The molecule has 0 aromatic heterocycles. The molecule has 0 saturated heterocycles. The molecule has 0 atom stereocenters. The van der Waals surface area contributed by atoms with Crippen LogP contribution in [-0.2, 0) is 3.78 Å². The Kier molecular flexibility index (Phi) is 6.92. The monoisotopic (exact) mass is 142 g/mol. The van der Waals surface area contributed by atoms with Crippen LogP contribution in [0.15, 0.2) is 0 Å². The van der Waals surface area contributed by atoms with E-state index in [4.69, 9.17) is 12.0 Å². The van der Waals surface area contributed by atoms with Gasteiger partial charge in [0, 0.05) is 0 Å². The number of hydrogen-bond donors (Lipinski definition) is 2. The average Bonchev–Trinajstić information content (AvgIpc) is 0.811. The summed E-state index contributed by atoms with van der Waals surface area (Å²) in [5.41, 5.74) is 0. The van der Waals surface area contributed by atoms with Crippen molar-refractivity contribution in [2.24, 2.45) is 0 Å². The van der Waals surface area contributed by atoms with E-state index < -0.39 is 15.0 Å². The van der Waals surface area contributed by atoms with Crippen molar-refractivity contribution in [1.82, 2.24) is 0 Å². The van der Waals surface area contributed by atoms with Crippen LogP contribution in [0.25, 0.3) is 0 Å². The van der Waals surface area contributed by atoms with Gasteiger partial charge in [0.2, 0.25) is 0 Å². The molecule has 0 spiro atoms. The van der Waals surface area contributed by atoms with E-state index in [1.165, 1.54) is 0 Å². The van der Waals surface area contributed by atoms with E-state index in [0.29, 0.717) is 0 Å². The second-order valence-electron chi connectivity index (χ2n) is 0.283. The molecule has 0 rings (SSSR count). The summed E-state index contributed by atoms with van der Waals surface area (Å²) in [7, 11) is 0. The summed E-state index contributed by atoms with van der Waals surface area (Å²) >= 11 is -3.58. The van der Waals surface area contributed by atoms with Crippen molar-refractivity contribution in [3.8, 4) is 0 Å². The van der Waals surface area contributed by atoms with E-state index in [1.54, 1.807) is 0 Å². The molecule has 0 saturated carbocycles. The first-order chi connectivity index (χ1) is 1.73. The molecular formula is H4GeO4. The number of hydrogen-bond acceptors (Lipinski definition) is 1. The van der Waals surface area contributed by atoms with Crippen molar-refractivity contribution < 1.29 is 17.5 Å². The minimum atomic E-state index is -3.58. The Balaban J connectivity index is 0. The molecule has 0 heterocycles. The molecule has 4 nitrogen and oxygen atoms in total. The summed E-state index contributed by atoms with van der Waals surface area (Å²) in [5.74, 6) is 0. The quantitative estimate of drug-likeness (QED) is 0.367. The molecule has 5 heteroatoms. The van der Waals surface area contributed by atoms with Gasteiger partial charge in [0.05, 0.1) is 0 Å². The Morgan fingerprint density at radius 2 is 1.40 bits per heavy atom. The van der Waals surface area contributed by atoms with Gasteiger partial charge in [-0.1, -0.05) is 0 Å². The molecule has 5 heavy (non-hydrogen) atoms. The minimum absolute atomic E-state index is 0. The van der Waals surface area contributed by atoms with E-state index in [0.717, 1.165) is 0 Å². The molecule has 0 aliphatic rings. The van der Waals surface area contributed by atoms with Gasteiger partial charge in [-0.25, -0.2) is 0 Å². The fraction of sp³-hybridized carbons (Fsp3) is 0. The predicted octanol–water partition coefficient (Wildman–Crippen LogP) is -2.44. The van der Waals surface area contributed by atoms with Gasteiger partial charge in [-0.05, 0) is 0 Å². The van der Waals surface area contributed by atoms with Crippen molar-refractivity contribution in [2.45, 2.75) is 0 Å². The summed E-state index contributed by atoms with van der Waals surface area (Å²) in [5, 5.41) is 0. The van der Waals surface area contributed by atoms with Crippen molar-refractivity contribution in [2.75, 3.05) is 0 Å². The molecule has 0 radical (unpaired) electrons. The van der Waals surface area contributed by atoms with Crippen LogP contribution < -0.4 is 0 Å². The van der Waals surface area contributed by atoms with Crippen molar-refractivity contribution in [3.05, 3.63) is 0 Å². The third-order valence-corrected chi connectivity index (χ3v) is 0. The molecule has 32 valence electrons. The second-order valence-corrected chi connectivity index (χ2v) is 1.47. The summed E-state index contributed by atoms with van der Waals surface area (Å²) in [6, 6.07) is 0. The summed E-state index contributed by atoms with van der Waals surface area (Å²) in [6.45, 7) is 0. The van der Waals surface area contributed by atoms with E-state index >= 15 is 0 Å². The first-order valence-electron chi connectivity index (χ1n) is 0.651. The van der Waals surface area contributed by atoms with Crippen molar-refractivity contribution in [1.29, 1.82) is 0 Å². The fourth-order valence-corrected chi connectivity index (χ4v) is 0. The molecule has 0 aliphatic carbocycles. The van der Waals surface area contributed by atoms with Gasteiger partial charge in [-0.3, -0.25) is 0 Å². The van der Waals surface area contributed by atoms with Crippen LogP contribution in [0.3, 0.4) is 0 Å². The standard InChI is InChI=1S/GeH2O3.H2O/c2-1(3)4;/h2-3H;1H2. The first kappa shape index (κ1) is 8.86. The normalized spacial score (nSPS) is 4.80. The first-order valence-corrected chi connectivity index (χ1v) is 3.38.